The average molecular weight is 353 g/mol. The van der Waals surface area contributed by atoms with E-state index in [4.69, 9.17) is 4.74 Å². The topological polar surface area (TPSA) is 73.6 Å². The molecule has 7 heteroatoms. The lowest BCUT2D eigenvalue weighted by Crippen LogP contribution is -2.16. The van der Waals surface area contributed by atoms with Crippen LogP contribution in [-0.4, -0.2) is 28.6 Å². The van der Waals surface area contributed by atoms with Gasteiger partial charge in [0, 0.05) is 12.5 Å². The molecular weight excluding hydrogens is 338 g/mol. The van der Waals surface area contributed by atoms with Gasteiger partial charge in [0.25, 0.3) is 0 Å². The molecule has 0 radical (unpaired) electrons. The van der Waals surface area contributed by atoms with Crippen LogP contribution in [0.5, 0.6) is 5.75 Å². The summed E-state index contributed by atoms with van der Waals surface area (Å²) in [6.45, 7) is 1.36. The Labute approximate surface area is 148 Å². The highest BCUT2D eigenvalue weighted by Gasteiger charge is 2.16. The zero-order chi connectivity index (χ0) is 17.8. The minimum atomic E-state index is -0.357. The third-order valence-electron chi connectivity index (χ3n) is 3.36. The van der Waals surface area contributed by atoms with E-state index in [-0.39, 0.29) is 16.7 Å². The number of nitrogens with zero attached hydrogens (tertiary/aromatic N) is 3. The minimum absolute atomic E-state index is 0.210. The molecule has 3 rings (SSSR count). The highest BCUT2D eigenvalue weighted by molar-refractivity contribution is 7.11. The SMILES string of the molecule is COc1ccc(-n2nc(C(=O)c3ccccc3)sc2=NC(C)=O)cc1. The Morgan fingerprint density at radius 3 is 2.36 bits per heavy atom. The maximum absolute atomic E-state index is 12.6. The van der Waals surface area contributed by atoms with Crippen LogP contribution < -0.4 is 9.54 Å². The lowest BCUT2D eigenvalue weighted by Gasteiger charge is -2.03. The van der Waals surface area contributed by atoms with Crippen LogP contribution in [-0.2, 0) is 4.79 Å². The van der Waals surface area contributed by atoms with Crippen molar-refractivity contribution in [2.24, 2.45) is 4.99 Å². The molecule has 25 heavy (non-hydrogen) atoms. The molecule has 0 spiro atoms. The molecule has 1 aromatic heterocycles. The number of carbonyl (C=O) groups excluding carboxylic acids is 2. The van der Waals surface area contributed by atoms with Gasteiger partial charge in [-0.15, -0.1) is 0 Å². The quantitative estimate of drug-likeness (QED) is 0.676. The second kappa shape index (κ2) is 7.23. The summed E-state index contributed by atoms with van der Waals surface area (Å²) in [5.74, 6) is 0.132. The van der Waals surface area contributed by atoms with E-state index in [9.17, 15) is 9.59 Å². The van der Waals surface area contributed by atoms with Crippen LogP contribution >= 0.6 is 11.3 Å². The maximum atomic E-state index is 12.6. The fourth-order valence-corrected chi connectivity index (χ4v) is 3.10. The number of hydrogen-bond acceptors (Lipinski definition) is 5. The summed E-state index contributed by atoms with van der Waals surface area (Å²) in [5, 5.41) is 4.63. The second-order valence-corrected chi connectivity index (χ2v) is 6.08. The Kier molecular flexibility index (Phi) is 4.85. The predicted molar refractivity (Wildman–Crippen MR) is 94.1 cm³/mol. The number of ether oxygens (including phenoxy) is 1. The molecule has 1 heterocycles. The number of carbonyl (C=O) groups is 2. The van der Waals surface area contributed by atoms with Crippen LogP contribution in [0.4, 0.5) is 0 Å². The first-order valence-corrected chi connectivity index (χ1v) is 8.30. The van der Waals surface area contributed by atoms with Gasteiger partial charge in [0.1, 0.15) is 5.75 Å². The molecule has 126 valence electrons. The average Bonchev–Trinajstić information content (AvgIpc) is 3.05. The van der Waals surface area contributed by atoms with Gasteiger partial charge in [0.05, 0.1) is 12.8 Å². The number of hydrogen-bond donors (Lipinski definition) is 0. The smallest absolute Gasteiger partial charge is 0.245 e. The van der Waals surface area contributed by atoms with Gasteiger partial charge >= 0.3 is 0 Å². The van der Waals surface area contributed by atoms with Crippen molar-refractivity contribution in [3.8, 4) is 11.4 Å². The third-order valence-corrected chi connectivity index (χ3v) is 4.27. The Bertz CT molecular complexity index is 973. The Hall–Kier alpha value is -3.06. The number of rotatable bonds is 4. The van der Waals surface area contributed by atoms with Gasteiger partial charge in [-0.05, 0) is 24.3 Å². The number of ketones is 1. The number of aromatic nitrogens is 2. The van der Waals surface area contributed by atoms with E-state index in [1.165, 1.54) is 11.6 Å². The summed E-state index contributed by atoms with van der Waals surface area (Å²) in [7, 11) is 1.58. The van der Waals surface area contributed by atoms with E-state index in [0.717, 1.165) is 11.3 Å². The lowest BCUT2D eigenvalue weighted by molar-refractivity contribution is -0.116. The van der Waals surface area contributed by atoms with Gasteiger partial charge in [-0.25, -0.2) is 4.68 Å². The number of benzene rings is 2. The van der Waals surface area contributed by atoms with Crippen molar-refractivity contribution in [2.75, 3.05) is 7.11 Å². The van der Waals surface area contributed by atoms with Crippen molar-refractivity contribution >= 4 is 23.0 Å². The van der Waals surface area contributed by atoms with E-state index >= 15 is 0 Å². The van der Waals surface area contributed by atoms with Gasteiger partial charge in [-0.3, -0.25) is 9.59 Å². The molecule has 0 saturated carbocycles. The molecule has 0 aliphatic carbocycles. The molecule has 0 bridgehead atoms. The monoisotopic (exact) mass is 353 g/mol. The molecule has 0 aliphatic heterocycles. The van der Waals surface area contributed by atoms with E-state index in [2.05, 4.69) is 10.1 Å². The van der Waals surface area contributed by atoms with Crippen LogP contribution in [0, 0.1) is 0 Å². The molecule has 0 saturated heterocycles. The Balaban J connectivity index is 2.09. The molecular formula is C18H15N3O3S. The lowest BCUT2D eigenvalue weighted by atomic mass is 10.1. The van der Waals surface area contributed by atoms with E-state index in [1.54, 1.807) is 55.6 Å². The fourth-order valence-electron chi connectivity index (χ4n) is 2.18. The summed E-state index contributed by atoms with van der Waals surface area (Å²) in [4.78, 5) is 28.4. The molecule has 0 fully saturated rings. The van der Waals surface area contributed by atoms with Gasteiger partial charge < -0.3 is 4.74 Å². The van der Waals surface area contributed by atoms with Crippen molar-refractivity contribution in [1.29, 1.82) is 0 Å². The highest BCUT2D eigenvalue weighted by atomic mass is 32.1. The van der Waals surface area contributed by atoms with Crippen molar-refractivity contribution in [2.45, 2.75) is 6.92 Å². The zero-order valence-electron chi connectivity index (χ0n) is 13.7. The van der Waals surface area contributed by atoms with Crippen molar-refractivity contribution in [3.63, 3.8) is 0 Å². The minimum Gasteiger partial charge on any atom is -0.497 e. The molecule has 0 aliphatic rings. The third kappa shape index (κ3) is 3.72. The van der Waals surface area contributed by atoms with Gasteiger partial charge in [-0.1, -0.05) is 41.7 Å². The van der Waals surface area contributed by atoms with E-state index in [0.29, 0.717) is 21.8 Å². The summed E-state index contributed by atoms with van der Waals surface area (Å²) >= 11 is 1.08. The normalized spacial score (nSPS) is 11.4. The summed E-state index contributed by atoms with van der Waals surface area (Å²) < 4.78 is 6.63. The molecule has 3 aromatic rings. The highest BCUT2D eigenvalue weighted by Crippen LogP contribution is 2.15. The van der Waals surface area contributed by atoms with Gasteiger partial charge in [0.15, 0.2) is 5.01 Å². The number of methoxy groups -OCH3 is 1. The molecule has 6 nitrogen and oxygen atoms in total. The first kappa shape index (κ1) is 16.8. The van der Waals surface area contributed by atoms with E-state index in [1.807, 2.05) is 6.07 Å². The van der Waals surface area contributed by atoms with Crippen LogP contribution in [0.15, 0.2) is 59.6 Å². The Morgan fingerprint density at radius 2 is 1.76 bits per heavy atom. The Morgan fingerprint density at radius 1 is 1.08 bits per heavy atom. The molecule has 0 unspecified atom stereocenters. The summed E-state index contributed by atoms with van der Waals surface area (Å²) in [6, 6.07) is 16.0. The van der Waals surface area contributed by atoms with Crippen LogP contribution in [0.3, 0.4) is 0 Å². The summed E-state index contributed by atoms with van der Waals surface area (Å²) in [5.41, 5.74) is 1.22. The summed E-state index contributed by atoms with van der Waals surface area (Å²) in [6.07, 6.45) is 0. The van der Waals surface area contributed by atoms with Crippen molar-refractivity contribution < 1.29 is 14.3 Å². The largest absolute Gasteiger partial charge is 0.497 e. The zero-order valence-corrected chi connectivity index (χ0v) is 14.5. The predicted octanol–water partition coefficient (Wildman–Crippen LogP) is 2.62. The standard InChI is InChI=1S/C18H15N3O3S/c1-12(22)19-18-21(14-8-10-15(24-2)11-9-14)20-17(25-18)16(23)13-6-4-3-5-7-13/h3-11H,1-2H3. The van der Waals surface area contributed by atoms with Gasteiger partial charge in [-0.2, -0.15) is 10.1 Å². The van der Waals surface area contributed by atoms with Crippen LogP contribution in [0.25, 0.3) is 5.69 Å². The fraction of sp³-hybridized carbons (Fsp3) is 0.111. The van der Waals surface area contributed by atoms with Crippen LogP contribution in [0.2, 0.25) is 0 Å². The van der Waals surface area contributed by atoms with E-state index < -0.39 is 0 Å². The first-order chi connectivity index (χ1) is 12.1. The second-order valence-electron chi connectivity index (χ2n) is 5.13. The molecule has 0 N–H and O–H groups in total. The van der Waals surface area contributed by atoms with Crippen molar-refractivity contribution in [1.82, 2.24) is 9.78 Å². The number of amides is 1. The first-order valence-electron chi connectivity index (χ1n) is 7.48. The van der Waals surface area contributed by atoms with Crippen LogP contribution in [0.1, 0.15) is 22.3 Å². The van der Waals surface area contributed by atoms with Gasteiger partial charge in [0.2, 0.25) is 16.5 Å². The molecule has 0 atom stereocenters. The molecule has 1 amide bonds. The maximum Gasteiger partial charge on any atom is 0.245 e. The molecule has 2 aromatic carbocycles. The van der Waals surface area contributed by atoms with Crippen molar-refractivity contribution in [3.05, 3.63) is 70.0 Å².